The summed E-state index contributed by atoms with van der Waals surface area (Å²) in [7, 11) is 0. The van der Waals surface area contributed by atoms with Gasteiger partial charge in [-0.1, -0.05) is 185 Å². The maximum Gasteiger partial charge on any atom is 0.238 e. The number of fused-ring (bicyclic) bond motifs is 13. The maximum absolute atomic E-state index is 5.50. The summed E-state index contributed by atoms with van der Waals surface area (Å²) in [6, 6.07) is 72.7. The number of hydrogen-bond donors (Lipinski definition) is 0. The highest BCUT2D eigenvalue weighted by atomic mass is 15.2. The summed E-state index contributed by atoms with van der Waals surface area (Å²) in [5.74, 6) is 1.86. The van der Waals surface area contributed by atoms with E-state index in [-0.39, 0.29) is 10.8 Å². The fraction of sp³-hybridized carbons (Fsp3) is 0.0952. The molecule has 5 nitrogen and oxygen atoms in total. The van der Waals surface area contributed by atoms with Crippen LogP contribution in [0.25, 0.3) is 111 Å². The van der Waals surface area contributed by atoms with Gasteiger partial charge in [-0.3, -0.25) is 4.57 Å². The van der Waals surface area contributed by atoms with Crippen molar-refractivity contribution >= 4 is 43.6 Å². The Balaban J connectivity index is 1.02. The molecule has 14 rings (SSSR count). The first-order valence-electron chi connectivity index (χ1n) is 23.6. The Bertz CT molecular complexity index is 3950. The SMILES string of the molecule is CC1(C)c2ccccc2-c2ccc(-c3nc(-c4ccc5c(c4)C(C)(C)c4ccccc4-5)nc(-n4c5ccccc5c5c4ccc4c6ccccc6n(-c6ccc(-c7ccccc7)cc6)c45)n3)cc21. The van der Waals surface area contributed by atoms with E-state index < -0.39 is 0 Å². The van der Waals surface area contributed by atoms with Crippen molar-refractivity contribution in [3.63, 3.8) is 0 Å². The molecule has 0 amide bonds. The van der Waals surface area contributed by atoms with Crippen molar-refractivity contribution in [2.75, 3.05) is 0 Å². The third kappa shape index (κ3) is 5.41. The van der Waals surface area contributed by atoms with Crippen LogP contribution >= 0.6 is 0 Å². The molecule has 0 spiro atoms. The van der Waals surface area contributed by atoms with Crippen molar-refractivity contribution in [1.82, 2.24) is 24.1 Å². The molecule has 0 N–H and O–H groups in total. The fourth-order valence-corrected chi connectivity index (χ4v) is 11.8. The van der Waals surface area contributed by atoms with E-state index in [1.54, 1.807) is 0 Å². The largest absolute Gasteiger partial charge is 0.309 e. The first kappa shape index (κ1) is 38.8. The molecule has 68 heavy (non-hydrogen) atoms. The molecule has 12 aromatic rings. The standard InChI is InChI=1S/C63H45N5/c1-62(2)50-22-12-8-18-43(50)45-32-28-40(36-52(45)62)59-64-60(41-29-33-46-44-19-9-13-23-51(44)63(3,4)53(46)37-41)66-61(65-59)68-55-25-15-11-21-49(55)57-56(68)35-34-48-47-20-10-14-24-54(47)67(58(48)57)42-30-26-39(27-31-42)38-16-6-5-7-17-38/h5-37H,1-4H3. The summed E-state index contributed by atoms with van der Waals surface area (Å²) >= 11 is 0. The van der Waals surface area contributed by atoms with Crippen LogP contribution < -0.4 is 0 Å². The van der Waals surface area contributed by atoms with Crippen LogP contribution in [0.15, 0.2) is 200 Å². The van der Waals surface area contributed by atoms with E-state index in [4.69, 9.17) is 15.0 Å². The molecule has 0 aliphatic heterocycles. The molecule has 9 aromatic carbocycles. The van der Waals surface area contributed by atoms with E-state index in [0.29, 0.717) is 17.6 Å². The molecule has 0 saturated carbocycles. The number of para-hydroxylation sites is 2. The lowest BCUT2D eigenvalue weighted by Crippen LogP contribution is -2.15. The molecule has 5 heteroatoms. The topological polar surface area (TPSA) is 48.5 Å². The van der Waals surface area contributed by atoms with Crippen molar-refractivity contribution < 1.29 is 0 Å². The Morgan fingerprint density at radius 2 is 0.824 bits per heavy atom. The zero-order valence-corrected chi connectivity index (χ0v) is 38.3. The summed E-state index contributed by atoms with van der Waals surface area (Å²) in [6.45, 7) is 9.30. The molecular weight excluding hydrogens is 827 g/mol. The van der Waals surface area contributed by atoms with Gasteiger partial charge in [-0.05, 0) is 98.1 Å². The Hall–Kier alpha value is -8.41. The Kier molecular flexibility index (Phi) is 8.02. The number of benzene rings is 9. The Labute approximate surface area is 394 Å². The van der Waals surface area contributed by atoms with Crippen LogP contribution in [0.5, 0.6) is 0 Å². The van der Waals surface area contributed by atoms with Gasteiger partial charge in [-0.2, -0.15) is 9.97 Å². The summed E-state index contributed by atoms with van der Waals surface area (Å²) in [5.41, 5.74) is 19.8. The van der Waals surface area contributed by atoms with Crippen molar-refractivity contribution in [3.05, 3.63) is 222 Å². The van der Waals surface area contributed by atoms with Crippen molar-refractivity contribution in [2.24, 2.45) is 0 Å². The molecule has 0 unspecified atom stereocenters. The van der Waals surface area contributed by atoms with Crippen molar-refractivity contribution in [3.8, 4) is 67.8 Å². The first-order chi connectivity index (χ1) is 33.2. The third-order valence-corrected chi connectivity index (χ3v) is 15.2. The number of nitrogens with zero attached hydrogens (tertiary/aromatic N) is 5. The quantitative estimate of drug-likeness (QED) is 0.173. The molecule has 0 bridgehead atoms. The highest BCUT2D eigenvalue weighted by molar-refractivity contribution is 6.26. The minimum Gasteiger partial charge on any atom is -0.309 e. The second-order valence-electron chi connectivity index (χ2n) is 19.6. The number of rotatable bonds is 5. The normalized spacial score (nSPS) is 14.1. The minimum atomic E-state index is -0.181. The molecule has 2 aliphatic rings. The van der Waals surface area contributed by atoms with Crippen LogP contribution in [0.1, 0.15) is 49.9 Å². The van der Waals surface area contributed by atoms with E-state index in [1.807, 2.05) is 0 Å². The van der Waals surface area contributed by atoms with E-state index in [1.165, 1.54) is 66.4 Å². The van der Waals surface area contributed by atoms with Crippen LogP contribution in [0.3, 0.4) is 0 Å². The van der Waals surface area contributed by atoms with Gasteiger partial charge in [0.25, 0.3) is 0 Å². The number of aromatic nitrogens is 5. The lowest BCUT2D eigenvalue weighted by Gasteiger charge is -2.22. The zero-order chi connectivity index (χ0) is 45.5. The molecule has 0 saturated heterocycles. The van der Waals surface area contributed by atoms with Gasteiger partial charge in [0, 0.05) is 49.2 Å². The first-order valence-corrected chi connectivity index (χ1v) is 23.6. The van der Waals surface area contributed by atoms with E-state index in [9.17, 15) is 0 Å². The van der Waals surface area contributed by atoms with Crippen molar-refractivity contribution in [1.29, 1.82) is 0 Å². The molecule has 2 aliphatic carbocycles. The van der Waals surface area contributed by atoms with Crippen LogP contribution in [-0.2, 0) is 10.8 Å². The van der Waals surface area contributed by atoms with Crippen LogP contribution in [0.4, 0.5) is 0 Å². The molecule has 3 heterocycles. The van der Waals surface area contributed by atoms with Gasteiger partial charge in [-0.15, -0.1) is 0 Å². The Morgan fingerprint density at radius 3 is 1.44 bits per heavy atom. The van der Waals surface area contributed by atoms with Gasteiger partial charge >= 0.3 is 0 Å². The second-order valence-corrected chi connectivity index (χ2v) is 19.6. The van der Waals surface area contributed by atoms with Crippen LogP contribution in [-0.4, -0.2) is 24.1 Å². The molecule has 0 fully saturated rings. The summed E-state index contributed by atoms with van der Waals surface area (Å²) < 4.78 is 4.71. The number of hydrogen-bond acceptors (Lipinski definition) is 3. The van der Waals surface area contributed by atoms with Gasteiger partial charge < -0.3 is 4.57 Å². The molecule has 0 radical (unpaired) electrons. The van der Waals surface area contributed by atoms with Crippen molar-refractivity contribution in [2.45, 2.75) is 38.5 Å². The van der Waals surface area contributed by atoms with Gasteiger partial charge in [0.2, 0.25) is 5.95 Å². The molecule has 322 valence electrons. The molecule has 0 atom stereocenters. The van der Waals surface area contributed by atoms with E-state index in [0.717, 1.165) is 49.7 Å². The van der Waals surface area contributed by atoms with E-state index in [2.05, 4.69) is 237 Å². The molecule has 3 aromatic heterocycles. The summed E-state index contributed by atoms with van der Waals surface area (Å²) in [6.07, 6.45) is 0. The minimum absolute atomic E-state index is 0.181. The summed E-state index contributed by atoms with van der Waals surface area (Å²) in [5, 5.41) is 4.69. The predicted octanol–water partition coefficient (Wildman–Crippen LogP) is 15.7. The van der Waals surface area contributed by atoms with Gasteiger partial charge in [0.05, 0.1) is 22.1 Å². The second kappa shape index (κ2) is 14.1. The third-order valence-electron chi connectivity index (χ3n) is 15.2. The zero-order valence-electron chi connectivity index (χ0n) is 38.3. The predicted molar refractivity (Wildman–Crippen MR) is 280 cm³/mol. The highest BCUT2D eigenvalue weighted by Gasteiger charge is 2.37. The fourth-order valence-electron chi connectivity index (χ4n) is 11.8. The Morgan fingerprint density at radius 1 is 0.338 bits per heavy atom. The van der Waals surface area contributed by atoms with E-state index >= 15 is 0 Å². The average Bonchev–Trinajstić information content (AvgIpc) is 4.05. The highest BCUT2D eigenvalue weighted by Crippen LogP contribution is 2.51. The van der Waals surface area contributed by atoms with Crippen LogP contribution in [0.2, 0.25) is 0 Å². The lowest BCUT2D eigenvalue weighted by atomic mass is 9.82. The lowest BCUT2D eigenvalue weighted by molar-refractivity contribution is 0.660. The monoisotopic (exact) mass is 871 g/mol. The van der Waals surface area contributed by atoms with Gasteiger partial charge in [0.1, 0.15) is 0 Å². The average molecular weight is 872 g/mol. The van der Waals surface area contributed by atoms with Gasteiger partial charge in [-0.25, -0.2) is 4.98 Å². The maximum atomic E-state index is 5.50. The van der Waals surface area contributed by atoms with Crippen LogP contribution in [0, 0.1) is 0 Å². The molecular formula is C63H45N5. The smallest absolute Gasteiger partial charge is 0.238 e. The summed E-state index contributed by atoms with van der Waals surface area (Å²) in [4.78, 5) is 16.4. The van der Waals surface area contributed by atoms with Gasteiger partial charge in [0.15, 0.2) is 11.6 Å².